The monoisotopic (exact) mass is 311 g/mol. The third-order valence-electron chi connectivity index (χ3n) is 3.59. The molecule has 1 unspecified atom stereocenters. The average Bonchev–Trinajstić information content (AvgIpc) is 2.60. The second-order valence-corrected chi connectivity index (χ2v) is 5.24. The molecule has 0 heterocycles. The van der Waals surface area contributed by atoms with Gasteiger partial charge in [0.05, 0.1) is 0 Å². The van der Waals surface area contributed by atoms with Crippen LogP contribution in [-0.2, 0) is 11.2 Å². The van der Waals surface area contributed by atoms with Crippen molar-refractivity contribution in [1.82, 2.24) is 0 Å². The maximum atomic E-state index is 12.3. The SMILES string of the molecule is CCc1ccc(NC(=O)C(CC)Oc2ccc(C=O)cc2)cc1. The maximum Gasteiger partial charge on any atom is 0.265 e. The molecule has 0 spiro atoms. The van der Waals surface area contributed by atoms with Gasteiger partial charge in [-0.25, -0.2) is 0 Å². The van der Waals surface area contributed by atoms with Crippen molar-refractivity contribution < 1.29 is 14.3 Å². The quantitative estimate of drug-likeness (QED) is 0.790. The molecule has 23 heavy (non-hydrogen) atoms. The van der Waals surface area contributed by atoms with Crippen LogP contribution in [0, 0.1) is 0 Å². The fourth-order valence-electron chi connectivity index (χ4n) is 2.16. The van der Waals surface area contributed by atoms with Gasteiger partial charge in [0, 0.05) is 11.3 Å². The Hall–Kier alpha value is -2.62. The van der Waals surface area contributed by atoms with Crippen LogP contribution in [-0.4, -0.2) is 18.3 Å². The number of rotatable bonds is 7. The first-order valence-electron chi connectivity index (χ1n) is 7.78. The highest BCUT2D eigenvalue weighted by Gasteiger charge is 2.18. The largest absolute Gasteiger partial charge is 0.481 e. The third-order valence-corrected chi connectivity index (χ3v) is 3.59. The molecular formula is C19H21NO3. The maximum absolute atomic E-state index is 12.3. The molecule has 2 aromatic rings. The smallest absolute Gasteiger partial charge is 0.265 e. The van der Waals surface area contributed by atoms with E-state index in [1.807, 2.05) is 31.2 Å². The highest BCUT2D eigenvalue weighted by atomic mass is 16.5. The van der Waals surface area contributed by atoms with Gasteiger partial charge in [-0.05, 0) is 54.8 Å². The number of nitrogens with one attached hydrogen (secondary N) is 1. The summed E-state index contributed by atoms with van der Waals surface area (Å²) in [4.78, 5) is 23.0. The van der Waals surface area contributed by atoms with Crippen LogP contribution in [0.25, 0.3) is 0 Å². The molecule has 2 rings (SSSR count). The number of hydrogen-bond acceptors (Lipinski definition) is 3. The standard InChI is InChI=1S/C19H21NO3/c1-3-14-5-9-16(10-6-14)20-19(22)18(4-2)23-17-11-7-15(13-21)8-12-17/h5-13,18H,3-4H2,1-2H3,(H,20,22). The van der Waals surface area contributed by atoms with Crippen LogP contribution in [0.4, 0.5) is 5.69 Å². The van der Waals surface area contributed by atoms with Gasteiger partial charge in [-0.2, -0.15) is 0 Å². The number of carbonyl (C=O) groups excluding carboxylic acids is 2. The summed E-state index contributed by atoms with van der Waals surface area (Å²) in [5.74, 6) is 0.384. The number of ether oxygens (including phenoxy) is 1. The zero-order chi connectivity index (χ0) is 16.7. The Balaban J connectivity index is 2.00. The zero-order valence-corrected chi connectivity index (χ0v) is 13.4. The van der Waals surface area contributed by atoms with Crippen LogP contribution < -0.4 is 10.1 Å². The second kappa shape index (κ2) is 8.13. The van der Waals surface area contributed by atoms with E-state index in [1.54, 1.807) is 24.3 Å². The van der Waals surface area contributed by atoms with Gasteiger partial charge in [-0.1, -0.05) is 26.0 Å². The fourth-order valence-corrected chi connectivity index (χ4v) is 2.16. The first kappa shape index (κ1) is 16.7. The molecule has 0 aliphatic heterocycles. The predicted molar refractivity (Wildman–Crippen MR) is 91.0 cm³/mol. The first-order valence-corrected chi connectivity index (χ1v) is 7.78. The molecule has 0 radical (unpaired) electrons. The third kappa shape index (κ3) is 4.68. The number of hydrogen-bond donors (Lipinski definition) is 1. The van der Waals surface area contributed by atoms with Gasteiger partial charge in [-0.3, -0.25) is 9.59 Å². The summed E-state index contributed by atoms with van der Waals surface area (Å²) in [7, 11) is 0. The van der Waals surface area contributed by atoms with E-state index in [0.717, 1.165) is 18.4 Å². The van der Waals surface area contributed by atoms with Crippen LogP contribution in [0.1, 0.15) is 36.2 Å². The van der Waals surface area contributed by atoms with Crippen molar-refractivity contribution in [3.63, 3.8) is 0 Å². The summed E-state index contributed by atoms with van der Waals surface area (Å²) >= 11 is 0. The van der Waals surface area contributed by atoms with Gasteiger partial charge in [0.25, 0.3) is 5.91 Å². The minimum Gasteiger partial charge on any atom is -0.481 e. The summed E-state index contributed by atoms with van der Waals surface area (Å²) in [6.45, 7) is 3.98. The van der Waals surface area contributed by atoms with Crippen molar-refractivity contribution in [2.75, 3.05) is 5.32 Å². The Labute approximate surface area is 136 Å². The molecule has 4 heteroatoms. The van der Waals surface area contributed by atoms with E-state index in [4.69, 9.17) is 4.74 Å². The number of aldehydes is 1. The molecule has 4 nitrogen and oxygen atoms in total. The van der Waals surface area contributed by atoms with Crippen molar-refractivity contribution in [2.24, 2.45) is 0 Å². The highest BCUT2D eigenvalue weighted by molar-refractivity contribution is 5.94. The molecule has 0 bridgehead atoms. The van der Waals surface area contributed by atoms with E-state index in [2.05, 4.69) is 12.2 Å². The number of anilines is 1. The van der Waals surface area contributed by atoms with Gasteiger partial charge < -0.3 is 10.1 Å². The predicted octanol–water partition coefficient (Wildman–Crippen LogP) is 3.86. The van der Waals surface area contributed by atoms with Gasteiger partial charge in [-0.15, -0.1) is 0 Å². The summed E-state index contributed by atoms with van der Waals surface area (Å²) in [5.41, 5.74) is 2.55. The molecule has 0 aliphatic carbocycles. The summed E-state index contributed by atoms with van der Waals surface area (Å²) < 4.78 is 5.71. The first-order chi connectivity index (χ1) is 11.2. The van der Waals surface area contributed by atoms with Crippen molar-refractivity contribution >= 4 is 17.9 Å². The van der Waals surface area contributed by atoms with Crippen molar-refractivity contribution in [3.8, 4) is 5.75 Å². The summed E-state index contributed by atoms with van der Waals surface area (Å²) in [6.07, 6.45) is 1.70. The van der Waals surface area contributed by atoms with Crippen LogP contribution >= 0.6 is 0 Å². The molecule has 0 saturated heterocycles. The summed E-state index contributed by atoms with van der Waals surface area (Å²) in [6, 6.07) is 14.5. The average molecular weight is 311 g/mol. The molecule has 0 aromatic heterocycles. The van der Waals surface area contributed by atoms with Gasteiger partial charge in [0.15, 0.2) is 6.10 Å². The van der Waals surface area contributed by atoms with Crippen LogP contribution in [0.15, 0.2) is 48.5 Å². The lowest BCUT2D eigenvalue weighted by Gasteiger charge is -2.17. The number of aryl methyl sites for hydroxylation is 1. The van der Waals surface area contributed by atoms with Crippen LogP contribution in [0.2, 0.25) is 0 Å². The van der Waals surface area contributed by atoms with Crippen LogP contribution in [0.5, 0.6) is 5.75 Å². The Kier molecular flexibility index (Phi) is 5.92. The Bertz CT molecular complexity index is 647. The molecule has 1 atom stereocenters. The Morgan fingerprint density at radius 2 is 1.74 bits per heavy atom. The molecule has 0 aliphatic rings. The van der Waals surface area contributed by atoms with Gasteiger partial charge in [0.1, 0.15) is 12.0 Å². The lowest BCUT2D eigenvalue weighted by Crippen LogP contribution is -2.32. The minimum atomic E-state index is -0.581. The minimum absolute atomic E-state index is 0.184. The number of amides is 1. The Morgan fingerprint density at radius 3 is 2.26 bits per heavy atom. The number of benzene rings is 2. The van der Waals surface area contributed by atoms with Gasteiger partial charge >= 0.3 is 0 Å². The topological polar surface area (TPSA) is 55.4 Å². The van der Waals surface area contributed by atoms with E-state index in [9.17, 15) is 9.59 Å². The van der Waals surface area contributed by atoms with Crippen molar-refractivity contribution in [3.05, 3.63) is 59.7 Å². The van der Waals surface area contributed by atoms with Crippen LogP contribution in [0.3, 0.4) is 0 Å². The number of carbonyl (C=O) groups is 2. The molecule has 1 N–H and O–H groups in total. The lowest BCUT2D eigenvalue weighted by molar-refractivity contribution is -0.122. The Morgan fingerprint density at radius 1 is 1.09 bits per heavy atom. The van der Waals surface area contributed by atoms with E-state index >= 15 is 0 Å². The van der Waals surface area contributed by atoms with Gasteiger partial charge in [0.2, 0.25) is 0 Å². The lowest BCUT2D eigenvalue weighted by atomic mass is 10.1. The molecular weight excluding hydrogens is 290 g/mol. The van der Waals surface area contributed by atoms with E-state index in [0.29, 0.717) is 17.7 Å². The second-order valence-electron chi connectivity index (χ2n) is 5.24. The summed E-state index contributed by atoms with van der Waals surface area (Å²) in [5, 5.41) is 2.87. The zero-order valence-electron chi connectivity index (χ0n) is 13.4. The molecule has 1 amide bonds. The molecule has 0 saturated carbocycles. The fraction of sp³-hybridized carbons (Fsp3) is 0.263. The van der Waals surface area contributed by atoms with Crippen molar-refractivity contribution in [1.29, 1.82) is 0 Å². The molecule has 0 fully saturated rings. The van der Waals surface area contributed by atoms with E-state index < -0.39 is 6.10 Å². The molecule has 2 aromatic carbocycles. The van der Waals surface area contributed by atoms with E-state index in [1.165, 1.54) is 5.56 Å². The normalized spacial score (nSPS) is 11.6. The highest BCUT2D eigenvalue weighted by Crippen LogP contribution is 2.16. The molecule has 120 valence electrons. The van der Waals surface area contributed by atoms with E-state index in [-0.39, 0.29) is 5.91 Å². The van der Waals surface area contributed by atoms with Crippen molar-refractivity contribution in [2.45, 2.75) is 32.8 Å².